The summed E-state index contributed by atoms with van der Waals surface area (Å²) in [6, 6.07) is 12.5. The second-order valence-corrected chi connectivity index (χ2v) is 8.25. The van der Waals surface area contributed by atoms with E-state index in [4.69, 9.17) is 4.98 Å². The number of benzene rings is 1. The molecule has 27 heavy (non-hydrogen) atoms. The Labute approximate surface area is 161 Å². The summed E-state index contributed by atoms with van der Waals surface area (Å²) in [4.78, 5) is 22.0. The summed E-state index contributed by atoms with van der Waals surface area (Å²) in [6.07, 6.45) is 2.76. The van der Waals surface area contributed by atoms with Gasteiger partial charge in [0, 0.05) is 62.0 Å². The summed E-state index contributed by atoms with van der Waals surface area (Å²) < 4.78 is 0. The molecule has 142 valence electrons. The van der Waals surface area contributed by atoms with Gasteiger partial charge in [0.25, 0.3) is 0 Å². The Hall–Kier alpha value is -2.24. The van der Waals surface area contributed by atoms with Crippen LogP contribution < -0.4 is 10.2 Å². The molecule has 0 radical (unpaired) electrons. The molecule has 0 bridgehead atoms. The molecule has 1 fully saturated rings. The summed E-state index contributed by atoms with van der Waals surface area (Å²) >= 11 is 0. The van der Waals surface area contributed by atoms with Crippen molar-refractivity contribution >= 4 is 11.6 Å². The number of amides is 1. The number of carbonyl (C=O) groups is 1. The van der Waals surface area contributed by atoms with Crippen molar-refractivity contribution in [2.45, 2.75) is 25.7 Å². The Morgan fingerprint density at radius 2 is 1.93 bits per heavy atom. The smallest absolute Gasteiger partial charge is 0.241 e. The van der Waals surface area contributed by atoms with Gasteiger partial charge in [-0.1, -0.05) is 44.2 Å². The zero-order valence-electron chi connectivity index (χ0n) is 16.2. The molecule has 3 heterocycles. The zero-order valence-corrected chi connectivity index (χ0v) is 16.2. The predicted octanol–water partition coefficient (Wildman–Crippen LogP) is 2.20. The number of rotatable bonds is 4. The Bertz CT molecular complexity index is 812. The van der Waals surface area contributed by atoms with Crippen LogP contribution in [-0.4, -0.2) is 55.1 Å². The van der Waals surface area contributed by atoms with Crippen molar-refractivity contribution in [1.82, 2.24) is 15.2 Å². The molecule has 0 saturated carbocycles. The molecule has 0 spiro atoms. The van der Waals surface area contributed by atoms with Gasteiger partial charge in [0.05, 0.1) is 12.2 Å². The minimum atomic E-state index is -0.0628. The molecule has 5 heteroatoms. The average molecular weight is 364 g/mol. The SMILES string of the molecule is CC1(C)CN(C(=O)CN2CCNCC2)c2cc(Cc3ccccc3)ncc21. The molecule has 2 aliphatic rings. The van der Waals surface area contributed by atoms with E-state index >= 15 is 0 Å². The monoisotopic (exact) mass is 364 g/mol. The lowest BCUT2D eigenvalue weighted by Crippen LogP contribution is -2.48. The normalized spacial score (nSPS) is 19.1. The molecule has 1 aromatic carbocycles. The van der Waals surface area contributed by atoms with Crippen LogP contribution in [0.15, 0.2) is 42.6 Å². The zero-order chi connectivity index (χ0) is 18.9. The number of hydrogen-bond acceptors (Lipinski definition) is 4. The highest BCUT2D eigenvalue weighted by Crippen LogP contribution is 2.40. The number of anilines is 1. The van der Waals surface area contributed by atoms with E-state index in [9.17, 15) is 4.79 Å². The minimum Gasteiger partial charge on any atom is -0.314 e. The average Bonchev–Trinajstić information content (AvgIpc) is 2.94. The molecule has 2 aliphatic heterocycles. The lowest BCUT2D eigenvalue weighted by Gasteiger charge is -2.29. The van der Waals surface area contributed by atoms with Crippen molar-refractivity contribution in [1.29, 1.82) is 0 Å². The first-order valence-electron chi connectivity index (χ1n) is 9.80. The van der Waals surface area contributed by atoms with Crippen LogP contribution in [0, 0.1) is 0 Å². The van der Waals surface area contributed by atoms with Gasteiger partial charge in [-0.2, -0.15) is 0 Å². The summed E-state index contributed by atoms with van der Waals surface area (Å²) in [5.41, 5.74) is 4.40. The van der Waals surface area contributed by atoms with E-state index < -0.39 is 0 Å². The lowest BCUT2D eigenvalue weighted by molar-refractivity contribution is -0.119. The molecular formula is C22H28N4O. The molecule has 2 aromatic rings. The van der Waals surface area contributed by atoms with Gasteiger partial charge in [0.2, 0.25) is 5.91 Å². The standard InChI is InChI=1S/C22H28N4O/c1-22(2)16-26(21(27)15-25-10-8-23-9-11-25)20-13-18(24-14-19(20)22)12-17-6-4-3-5-7-17/h3-7,13-14,23H,8-12,15-16H2,1-2H3. The Balaban J connectivity index is 1.57. The molecule has 4 rings (SSSR count). The Morgan fingerprint density at radius 1 is 1.19 bits per heavy atom. The molecule has 0 aliphatic carbocycles. The van der Waals surface area contributed by atoms with E-state index in [1.807, 2.05) is 17.2 Å². The van der Waals surface area contributed by atoms with E-state index in [0.717, 1.165) is 50.5 Å². The van der Waals surface area contributed by atoms with Crippen LogP contribution in [0.4, 0.5) is 5.69 Å². The van der Waals surface area contributed by atoms with E-state index in [1.54, 1.807) is 0 Å². The fourth-order valence-corrected chi connectivity index (χ4v) is 4.07. The van der Waals surface area contributed by atoms with Crippen LogP contribution in [0.2, 0.25) is 0 Å². The maximum absolute atomic E-state index is 13.1. The fraction of sp³-hybridized carbons (Fsp3) is 0.455. The number of hydrogen-bond donors (Lipinski definition) is 1. The van der Waals surface area contributed by atoms with Crippen molar-refractivity contribution in [3.05, 3.63) is 59.4 Å². The molecule has 1 N–H and O–H groups in total. The van der Waals surface area contributed by atoms with Gasteiger partial charge in [-0.25, -0.2) is 0 Å². The molecule has 1 aromatic heterocycles. The first kappa shape index (κ1) is 18.1. The molecule has 1 saturated heterocycles. The number of fused-ring (bicyclic) bond motifs is 1. The lowest BCUT2D eigenvalue weighted by atomic mass is 9.88. The van der Waals surface area contributed by atoms with Gasteiger partial charge < -0.3 is 10.2 Å². The Morgan fingerprint density at radius 3 is 2.67 bits per heavy atom. The second-order valence-electron chi connectivity index (χ2n) is 8.25. The van der Waals surface area contributed by atoms with Gasteiger partial charge in [-0.15, -0.1) is 0 Å². The van der Waals surface area contributed by atoms with Gasteiger partial charge in [0.1, 0.15) is 0 Å². The highest BCUT2D eigenvalue weighted by Gasteiger charge is 2.38. The second kappa shape index (κ2) is 7.41. The summed E-state index contributed by atoms with van der Waals surface area (Å²) in [7, 11) is 0. The molecular weight excluding hydrogens is 336 g/mol. The third kappa shape index (κ3) is 3.89. The van der Waals surface area contributed by atoms with Crippen LogP contribution in [0.25, 0.3) is 0 Å². The Kier molecular flexibility index (Phi) is 4.98. The number of piperazine rings is 1. The number of carbonyl (C=O) groups excluding carboxylic acids is 1. The molecule has 5 nitrogen and oxygen atoms in total. The van der Waals surface area contributed by atoms with Crippen molar-refractivity contribution in [3.63, 3.8) is 0 Å². The van der Waals surface area contributed by atoms with Gasteiger partial charge >= 0.3 is 0 Å². The van der Waals surface area contributed by atoms with Crippen LogP contribution in [0.3, 0.4) is 0 Å². The van der Waals surface area contributed by atoms with E-state index in [2.05, 4.69) is 54.4 Å². The van der Waals surface area contributed by atoms with Crippen molar-refractivity contribution in [3.8, 4) is 0 Å². The quantitative estimate of drug-likeness (QED) is 0.904. The maximum Gasteiger partial charge on any atom is 0.241 e. The van der Waals surface area contributed by atoms with E-state index in [0.29, 0.717) is 6.54 Å². The minimum absolute atomic E-state index is 0.0628. The summed E-state index contributed by atoms with van der Waals surface area (Å²) in [6.45, 7) is 9.40. The van der Waals surface area contributed by atoms with Crippen LogP contribution in [0.1, 0.15) is 30.7 Å². The van der Waals surface area contributed by atoms with Crippen molar-refractivity contribution in [2.24, 2.45) is 0 Å². The molecule has 0 atom stereocenters. The first-order valence-corrected chi connectivity index (χ1v) is 9.80. The van der Waals surface area contributed by atoms with Crippen LogP contribution in [-0.2, 0) is 16.6 Å². The van der Waals surface area contributed by atoms with Crippen molar-refractivity contribution < 1.29 is 4.79 Å². The highest BCUT2D eigenvalue weighted by molar-refractivity contribution is 5.97. The number of nitrogens with zero attached hydrogens (tertiary/aromatic N) is 3. The van der Waals surface area contributed by atoms with E-state index in [-0.39, 0.29) is 11.3 Å². The predicted molar refractivity (Wildman–Crippen MR) is 108 cm³/mol. The third-order valence-electron chi connectivity index (χ3n) is 5.61. The largest absolute Gasteiger partial charge is 0.314 e. The van der Waals surface area contributed by atoms with Gasteiger partial charge in [-0.3, -0.25) is 14.7 Å². The summed E-state index contributed by atoms with van der Waals surface area (Å²) in [5.74, 6) is 0.195. The van der Waals surface area contributed by atoms with Crippen LogP contribution in [0.5, 0.6) is 0 Å². The molecule has 0 unspecified atom stereocenters. The molecule has 1 amide bonds. The fourth-order valence-electron chi connectivity index (χ4n) is 4.07. The number of aromatic nitrogens is 1. The van der Waals surface area contributed by atoms with Crippen molar-refractivity contribution in [2.75, 3.05) is 44.2 Å². The maximum atomic E-state index is 13.1. The van der Waals surface area contributed by atoms with E-state index in [1.165, 1.54) is 11.1 Å². The van der Waals surface area contributed by atoms with Gasteiger partial charge in [0.15, 0.2) is 0 Å². The third-order valence-corrected chi connectivity index (χ3v) is 5.61. The van der Waals surface area contributed by atoms with Gasteiger partial charge in [-0.05, 0) is 11.6 Å². The number of nitrogens with one attached hydrogen (secondary N) is 1. The van der Waals surface area contributed by atoms with Crippen LogP contribution >= 0.6 is 0 Å². The number of pyridine rings is 1. The first-order chi connectivity index (χ1) is 13.0. The highest BCUT2D eigenvalue weighted by atomic mass is 16.2. The summed E-state index contributed by atoms with van der Waals surface area (Å²) in [5, 5.41) is 3.34. The topological polar surface area (TPSA) is 48.5 Å².